The van der Waals surface area contributed by atoms with Crippen LogP contribution in [0.1, 0.15) is 46.5 Å². The smallest absolute Gasteiger partial charge is 0.243 e. The number of carbonyl (C=O) groups excluding carboxylic acids is 1. The Hall–Kier alpha value is -1.76. The zero-order valence-electron chi connectivity index (χ0n) is 16.5. The molecule has 26 heavy (non-hydrogen) atoms. The summed E-state index contributed by atoms with van der Waals surface area (Å²) in [6, 6.07) is 5.80. The zero-order chi connectivity index (χ0) is 19.7. The van der Waals surface area contributed by atoms with Crippen molar-refractivity contribution in [3.8, 4) is 5.75 Å². The molecule has 0 saturated carbocycles. The second-order valence-electron chi connectivity index (χ2n) is 6.59. The topological polar surface area (TPSA) is 75.7 Å². The van der Waals surface area contributed by atoms with E-state index in [0.717, 1.165) is 36.2 Å². The van der Waals surface area contributed by atoms with Crippen molar-refractivity contribution in [2.24, 2.45) is 5.92 Å². The van der Waals surface area contributed by atoms with Gasteiger partial charge in [-0.1, -0.05) is 33.1 Å². The van der Waals surface area contributed by atoms with Gasteiger partial charge in [0.25, 0.3) is 0 Å². The molecular weight excluding hydrogens is 352 g/mol. The second kappa shape index (κ2) is 10.4. The van der Waals surface area contributed by atoms with Crippen LogP contribution >= 0.6 is 0 Å². The largest absolute Gasteiger partial charge is 0.497 e. The first-order valence-corrected chi connectivity index (χ1v) is 11.0. The molecule has 0 unspecified atom stereocenters. The maximum absolute atomic E-state index is 12.6. The maximum atomic E-state index is 12.6. The number of nitrogens with zero attached hydrogens (tertiary/aromatic N) is 1. The van der Waals surface area contributed by atoms with Crippen molar-refractivity contribution in [2.75, 3.05) is 24.2 Å². The van der Waals surface area contributed by atoms with E-state index in [-0.39, 0.29) is 5.91 Å². The fourth-order valence-electron chi connectivity index (χ4n) is 2.87. The minimum atomic E-state index is -3.61. The first-order chi connectivity index (χ1) is 12.2. The van der Waals surface area contributed by atoms with Crippen molar-refractivity contribution in [2.45, 2.75) is 52.5 Å². The van der Waals surface area contributed by atoms with E-state index in [4.69, 9.17) is 4.74 Å². The fourth-order valence-corrected chi connectivity index (χ4v) is 4.05. The van der Waals surface area contributed by atoms with Crippen molar-refractivity contribution in [1.82, 2.24) is 5.32 Å². The van der Waals surface area contributed by atoms with Crippen molar-refractivity contribution < 1.29 is 17.9 Å². The van der Waals surface area contributed by atoms with Crippen molar-refractivity contribution >= 4 is 21.6 Å². The molecule has 0 aliphatic heterocycles. The summed E-state index contributed by atoms with van der Waals surface area (Å²) in [4.78, 5) is 12.6. The average molecular weight is 385 g/mol. The number of rotatable bonds is 11. The molecule has 0 fully saturated rings. The van der Waals surface area contributed by atoms with Gasteiger partial charge < -0.3 is 10.1 Å². The minimum Gasteiger partial charge on any atom is -0.497 e. The first-order valence-electron chi connectivity index (χ1n) is 9.15. The van der Waals surface area contributed by atoms with Crippen LogP contribution in [0.5, 0.6) is 5.75 Å². The van der Waals surface area contributed by atoms with Gasteiger partial charge in [-0.25, -0.2) is 8.42 Å². The van der Waals surface area contributed by atoms with E-state index >= 15 is 0 Å². The molecule has 0 aliphatic rings. The quantitative estimate of drug-likeness (QED) is 0.636. The summed E-state index contributed by atoms with van der Waals surface area (Å²) >= 11 is 0. The number of benzene rings is 1. The SMILES string of the molecule is CCCC[C@@H](CC)CNC(=O)[C@@H](C)N(c1ccc(OC)cc1)S(C)(=O)=O. The number of anilines is 1. The standard InChI is InChI=1S/C19H32N2O4S/c1-6-8-9-16(7-2)14-20-19(22)15(3)21(26(5,23)24)17-10-12-18(25-4)13-11-17/h10-13,15-16H,6-9,14H2,1-5H3,(H,20,22)/t15-,16-/m1/s1. The zero-order valence-corrected chi connectivity index (χ0v) is 17.3. The number of hydrogen-bond donors (Lipinski definition) is 1. The Bertz CT molecular complexity index is 659. The molecule has 0 bridgehead atoms. The molecule has 0 aliphatic carbocycles. The van der Waals surface area contributed by atoms with Crippen LogP contribution in [-0.4, -0.2) is 40.3 Å². The summed E-state index contributed by atoms with van der Waals surface area (Å²) in [5, 5.41) is 2.92. The molecule has 1 aromatic carbocycles. The van der Waals surface area contributed by atoms with Gasteiger partial charge in [0.05, 0.1) is 19.1 Å². The third kappa shape index (κ3) is 6.52. The predicted octanol–water partition coefficient (Wildman–Crippen LogP) is 3.18. The molecule has 1 rings (SSSR count). The lowest BCUT2D eigenvalue weighted by Gasteiger charge is -2.29. The predicted molar refractivity (Wildman–Crippen MR) is 106 cm³/mol. The first kappa shape index (κ1) is 22.3. The van der Waals surface area contributed by atoms with E-state index in [0.29, 0.717) is 23.9 Å². The van der Waals surface area contributed by atoms with Crippen LogP contribution in [0.25, 0.3) is 0 Å². The summed E-state index contributed by atoms with van der Waals surface area (Å²) < 4.78 is 30.8. The highest BCUT2D eigenvalue weighted by Crippen LogP contribution is 2.24. The normalized spacial score (nSPS) is 13.7. The Morgan fingerprint density at radius 3 is 2.31 bits per heavy atom. The van der Waals surface area contributed by atoms with Gasteiger partial charge in [0.15, 0.2) is 0 Å². The third-order valence-corrected chi connectivity index (χ3v) is 5.77. The summed E-state index contributed by atoms with van der Waals surface area (Å²) in [5.74, 6) is 0.751. The Morgan fingerprint density at radius 2 is 1.85 bits per heavy atom. The number of hydrogen-bond acceptors (Lipinski definition) is 4. The Kier molecular flexibility index (Phi) is 8.92. The Labute approximate surface area is 158 Å². The number of carbonyl (C=O) groups is 1. The molecule has 6 nitrogen and oxygen atoms in total. The summed E-state index contributed by atoms with van der Waals surface area (Å²) in [5.41, 5.74) is 0.439. The van der Waals surface area contributed by atoms with E-state index in [1.165, 1.54) is 0 Å². The van der Waals surface area contributed by atoms with E-state index in [9.17, 15) is 13.2 Å². The maximum Gasteiger partial charge on any atom is 0.243 e. The second-order valence-corrected chi connectivity index (χ2v) is 8.45. The van der Waals surface area contributed by atoms with Crippen LogP contribution in [-0.2, 0) is 14.8 Å². The Morgan fingerprint density at radius 1 is 1.23 bits per heavy atom. The third-order valence-electron chi connectivity index (χ3n) is 4.52. The fraction of sp³-hybridized carbons (Fsp3) is 0.632. The summed E-state index contributed by atoms with van der Waals surface area (Å²) in [6.45, 7) is 6.43. The van der Waals surface area contributed by atoms with Gasteiger partial charge in [0.1, 0.15) is 11.8 Å². The highest BCUT2D eigenvalue weighted by atomic mass is 32.2. The van der Waals surface area contributed by atoms with Gasteiger partial charge in [-0.2, -0.15) is 0 Å². The molecule has 0 heterocycles. The van der Waals surface area contributed by atoms with Gasteiger partial charge in [0, 0.05) is 6.54 Å². The van der Waals surface area contributed by atoms with Crippen LogP contribution in [0.15, 0.2) is 24.3 Å². The van der Waals surface area contributed by atoms with Gasteiger partial charge in [-0.05, 0) is 43.5 Å². The van der Waals surface area contributed by atoms with Crippen LogP contribution in [0.4, 0.5) is 5.69 Å². The van der Waals surface area contributed by atoms with E-state index < -0.39 is 16.1 Å². The van der Waals surface area contributed by atoms with E-state index in [1.807, 2.05) is 0 Å². The molecule has 1 amide bonds. The lowest BCUT2D eigenvalue weighted by molar-refractivity contribution is -0.122. The lowest BCUT2D eigenvalue weighted by atomic mass is 9.99. The Balaban J connectivity index is 2.88. The van der Waals surface area contributed by atoms with Gasteiger partial charge in [0.2, 0.25) is 15.9 Å². The lowest BCUT2D eigenvalue weighted by Crippen LogP contribution is -2.48. The highest BCUT2D eigenvalue weighted by molar-refractivity contribution is 7.92. The number of nitrogens with one attached hydrogen (secondary N) is 1. The molecule has 0 saturated heterocycles. The van der Waals surface area contributed by atoms with Crippen LogP contribution < -0.4 is 14.4 Å². The molecule has 1 aromatic rings. The average Bonchev–Trinajstić information content (AvgIpc) is 2.61. The molecule has 1 N–H and O–H groups in total. The number of ether oxygens (including phenoxy) is 1. The molecular formula is C19H32N2O4S. The number of unbranched alkanes of at least 4 members (excludes halogenated alkanes) is 1. The molecule has 0 aromatic heterocycles. The number of amides is 1. The molecule has 0 radical (unpaired) electrons. The molecule has 0 spiro atoms. The molecule has 2 atom stereocenters. The molecule has 7 heteroatoms. The van der Waals surface area contributed by atoms with Crippen LogP contribution in [0.2, 0.25) is 0 Å². The van der Waals surface area contributed by atoms with E-state index in [2.05, 4.69) is 19.2 Å². The number of methoxy groups -OCH3 is 1. The van der Waals surface area contributed by atoms with Crippen LogP contribution in [0.3, 0.4) is 0 Å². The van der Waals surface area contributed by atoms with Crippen molar-refractivity contribution in [3.63, 3.8) is 0 Å². The minimum absolute atomic E-state index is 0.291. The van der Waals surface area contributed by atoms with Crippen LogP contribution in [0, 0.1) is 5.92 Å². The summed E-state index contributed by atoms with van der Waals surface area (Å²) in [6.07, 6.45) is 5.42. The molecule has 148 valence electrons. The van der Waals surface area contributed by atoms with Gasteiger partial charge >= 0.3 is 0 Å². The highest BCUT2D eigenvalue weighted by Gasteiger charge is 2.29. The van der Waals surface area contributed by atoms with Gasteiger partial charge in [-0.3, -0.25) is 9.10 Å². The number of sulfonamides is 1. The van der Waals surface area contributed by atoms with Crippen molar-refractivity contribution in [3.05, 3.63) is 24.3 Å². The van der Waals surface area contributed by atoms with Crippen molar-refractivity contribution in [1.29, 1.82) is 0 Å². The van der Waals surface area contributed by atoms with Gasteiger partial charge in [-0.15, -0.1) is 0 Å². The van der Waals surface area contributed by atoms with E-state index in [1.54, 1.807) is 38.3 Å². The summed E-state index contributed by atoms with van der Waals surface area (Å²) in [7, 11) is -2.06. The monoisotopic (exact) mass is 384 g/mol.